The van der Waals surface area contributed by atoms with Crippen molar-refractivity contribution < 1.29 is 9.53 Å². The lowest BCUT2D eigenvalue weighted by Crippen LogP contribution is -2.38. The number of ether oxygens (including phenoxy) is 1. The first kappa shape index (κ1) is 19.7. The minimum absolute atomic E-state index is 0.00128. The summed E-state index contributed by atoms with van der Waals surface area (Å²) < 4.78 is 7.50. The molecule has 0 saturated carbocycles. The number of benzene rings is 1. The highest BCUT2D eigenvalue weighted by Gasteiger charge is 2.25. The third-order valence-corrected chi connectivity index (χ3v) is 5.33. The standard InChI is InChI=1S/C19H27N5O2S/c1-13(2)20-17(25)15(4)27-19-22-21-18(23-9-11-26-12-10-23)24(19)16-7-5-14(3)6-8-16/h5-8,13,15H,9-12H2,1-4H3,(H,20,25). The number of thioether (sulfide) groups is 1. The van der Waals surface area contributed by atoms with E-state index in [2.05, 4.69) is 51.6 Å². The van der Waals surface area contributed by atoms with Crippen LogP contribution in [0.4, 0.5) is 5.95 Å². The fourth-order valence-corrected chi connectivity index (χ4v) is 3.71. The van der Waals surface area contributed by atoms with Crippen LogP contribution in [-0.4, -0.2) is 58.3 Å². The Labute approximate surface area is 164 Å². The van der Waals surface area contributed by atoms with Crippen LogP contribution >= 0.6 is 11.8 Å². The number of hydrogen-bond acceptors (Lipinski definition) is 6. The molecule has 1 N–H and O–H groups in total. The van der Waals surface area contributed by atoms with Gasteiger partial charge in [-0.15, -0.1) is 10.2 Å². The molecule has 1 fully saturated rings. The van der Waals surface area contributed by atoms with Crippen molar-refractivity contribution in [2.45, 2.75) is 44.1 Å². The smallest absolute Gasteiger partial charge is 0.233 e. The van der Waals surface area contributed by atoms with Gasteiger partial charge in [-0.2, -0.15) is 0 Å². The maximum Gasteiger partial charge on any atom is 0.233 e. The first-order valence-corrected chi connectivity index (χ1v) is 10.2. The summed E-state index contributed by atoms with van der Waals surface area (Å²) in [5, 5.41) is 12.3. The number of nitrogens with zero attached hydrogens (tertiary/aromatic N) is 4. The van der Waals surface area contributed by atoms with Crippen molar-refractivity contribution in [1.29, 1.82) is 0 Å². The highest BCUT2D eigenvalue weighted by atomic mass is 32.2. The maximum absolute atomic E-state index is 12.3. The molecule has 146 valence electrons. The van der Waals surface area contributed by atoms with Crippen LogP contribution in [0, 0.1) is 6.92 Å². The minimum atomic E-state index is -0.265. The summed E-state index contributed by atoms with van der Waals surface area (Å²) >= 11 is 1.42. The van der Waals surface area contributed by atoms with Crippen LogP contribution in [0.3, 0.4) is 0 Å². The minimum Gasteiger partial charge on any atom is -0.378 e. The summed E-state index contributed by atoms with van der Waals surface area (Å²) in [4.78, 5) is 14.5. The molecule has 8 heteroatoms. The van der Waals surface area contributed by atoms with Gasteiger partial charge >= 0.3 is 0 Å². The maximum atomic E-state index is 12.3. The Hall–Kier alpha value is -2.06. The van der Waals surface area contributed by atoms with Crippen LogP contribution in [0.25, 0.3) is 5.69 Å². The molecule has 1 unspecified atom stereocenters. The number of aromatic nitrogens is 3. The van der Waals surface area contributed by atoms with Crippen molar-refractivity contribution >= 4 is 23.6 Å². The largest absolute Gasteiger partial charge is 0.378 e. The van der Waals surface area contributed by atoms with Gasteiger partial charge in [0.25, 0.3) is 0 Å². The molecule has 7 nitrogen and oxygen atoms in total. The molecule has 1 aliphatic heterocycles. The summed E-state index contributed by atoms with van der Waals surface area (Å²) in [5.74, 6) is 0.794. The lowest BCUT2D eigenvalue weighted by molar-refractivity contribution is -0.120. The molecule has 1 saturated heterocycles. The fourth-order valence-electron chi connectivity index (χ4n) is 2.84. The van der Waals surface area contributed by atoms with E-state index in [4.69, 9.17) is 4.74 Å². The molecule has 0 radical (unpaired) electrons. The van der Waals surface area contributed by atoms with E-state index in [0.717, 1.165) is 24.7 Å². The number of anilines is 1. The highest BCUT2D eigenvalue weighted by molar-refractivity contribution is 8.00. The molecule has 1 atom stereocenters. The molecule has 3 rings (SSSR count). The Balaban J connectivity index is 1.92. The summed E-state index contributed by atoms with van der Waals surface area (Å²) in [6, 6.07) is 8.38. The highest BCUT2D eigenvalue weighted by Crippen LogP contribution is 2.29. The van der Waals surface area contributed by atoms with Gasteiger partial charge in [0.05, 0.1) is 24.2 Å². The second kappa shape index (κ2) is 8.75. The van der Waals surface area contributed by atoms with E-state index in [1.54, 1.807) is 0 Å². The number of rotatable bonds is 6. The molecule has 27 heavy (non-hydrogen) atoms. The molecule has 2 aromatic rings. The van der Waals surface area contributed by atoms with Crippen LogP contribution in [0.15, 0.2) is 29.4 Å². The van der Waals surface area contributed by atoms with Crippen LogP contribution in [0.2, 0.25) is 0 Å². The first-order valence-electron chi connectivity index (χ1n) is 9.28. The second-order valence-electron chi connectivity index (χ2n) is 6.98. The van der Waals surface area contributed by atoms with E-state index in [1.165, 1.54) is 17.3 Å². The average molecular weight is 390 g/mol. The van der Waals surface area contributed by atoms with Crippen LogP contribution in [0.1, 0.15) is 26.3 Å². The average Bonchev–Trinajstić information content (AvgIpc) is 3.06. The van der Waals surface area contributed by atoms with E-state index in [9.17, 15) is 4.79 Å². The molecule has 0 spiro atoms. The van der Waals surface area contributed by atoms with Crippen LogP contribution < -0.4 is 10.2 Å². The summed E-state index contributed by atoms with van der Waals surface area (Å²) in [6.45, 7) is 10.8. The normalized spacial score (nSPS) is 15.8. The zero-order valence-corrected chi connectivity index (χ0v) is 17.1. The third kappa shape index (κ3) is 4.81. The SMILES string of the molecule is Cc1ccc(-n2c(SC(C)C(=O)NC(C)C)nnc2N2CCOCC2)cc1. The Kier molecular flexibility index (Phi) is 6.38. The van der Waals surface area contributed by atoms with Gasteiger partial charge in [-0.25, -0.2) is 0 Å². The van der Waals surface area contributed by atoms with Gasteiger partial charge < -0.3 is 15.0 Å². The first-order chi connectivity index (χ1) is 13.0. The predicted molar refractivity (Wildman–Crippen MR) is 108 cm³/mol. The molecule has 1 aliphatic rings. The molecule has 1 aromatic heterocycles. The third-order valence-electron chi connectivity index (χ3n) is 4.28. The van der Waals surface area contributed by atoms with Crippen molar-refractivity contribution in [3.8, 4) is 5.69 Å². The molecule has 1 aromatic carbocycles. The van der Waals surface area contributed by atoms with E-state index in [0.29, 0.717) is 18.4 Å². The molecule has 2 heterocycles. The van der Waals surface area contributed by atoms with Crippen LogP contribution in [0.5, 0.6) is 0 Å². The summed E-state index contributed by atoms with van der Waals surface area (Å²) in [5.41, 5.74) is 2.18. The molecule has 0 bridgehead atoms. The second-order valence-corrected chi connectivity index (χ2v) is 8.28. The van der Waals surface area contributed by atoms with Crippen molar-refractivity contribution in [3.63, 3.8) is 0 Å². The van der Waals surface area contributed by atoms with Gasteiger partial charge in [0.1, 0.15) is 0 Å². The summed E-state index contributed by atoms with van der Waals surface area (Å²) in [7, 11) is 0. The number of carbonyl (C=O) groups excluding carboxylic acids is 1. The topological polar surface area (TPSA) is 72.3 Å². The van der Waals surface area contributed by atoms with Gasteiger partial charge in [0.2, 0.25) is 11.9 Å². The van der Waals surface area contributed by atoms with E-state index in [-0.39, 0.29) is 17.2 Å². The fraction of sp³-hybridized carbons (Fsp3) is 0.526. The van der Waals surface area contributed by atoms with Crippen molar-refractivity contribution in [1.82, 2.24) is 20.1 Å². The molecule has 1 amide bonds. The van der Waals surface area contributed by atoms with Gasteiger partial charge in [0.15, 0.2) is 5.16 Å². The van der Waals surface area contributed by atoms with E-state index >= 15 is 0 Å². The molecular formula is C19H27N5O2S. The number of nitrogens with one attached hydrogen (secondary N) is 1. The Morgan fingerprint density at radius 3 is 2.44 bits per heavy atom. The van der Waals surface area contributed by atoms with E-state index in [1.807, 2.05) is 25.3 Å². The zero-order chi connectivity index (χ0) is 19.4. The van der Waals surface area contributed by atoms with Crippen molar-refractivity contribution in [2.24, 2.45) is 0 Å². The summed E-state index contributed by atoms with van der Waals surface area (Å²) in [6.07, 6.45) is 0. The van der Waals surface area contributed by atoms with E-state index < -0.39 is 0 Å². The molecular weight excluding hydrogens is 362 g/mol. The Bertz CT molecular complexity index is 769. The van der Waals surface area contributed by atoms with Gasteiger partial charge in [-0.05, 0) is 39.8 Å². The zero-order valence-electron chi connectivity index (χ0n) is 16.3. The number of morpholine rings is 1. The number of carbonyl (C=O) groups is 1. The number of amides is 1. The Morgan fingerprint density at radius 1 is 1.15 bits per heavy atom. The number of hydrogen-bond donors (Lipinski definition) is 1. The van der Waals surface area contributed by atoms with Crippen molar-refractivity contribution in [3.05, 3.63) is 29.8 Å². The quantitative estimate of drug-likeness (QED) is 0.765. The van der Waals surface area contributed by atoms with Crippen molar-refractivity contribution in [2.75, 3.05) is 31.2 Å². The van der Waals surface area contributed by atoms with Crippen LogP contribution in [-0.2, 0) is 9.53 Å². The monoisotopic (exact) mass is 389 g/mol. The van der Waals surface area contributed by atoms with Gasteiger partial charge in [-0.1, -0.05) is 29.5 Å². The lowest BCUT2D eigenvalue weighted by atomic mass is 10.2. The molecule has 0 aliphatic carbocycles. The predicted octanol–water partition coefficient (Wildman–Crippen LogP) is 2.42. The van der Waals surface area contributed by atoms with Gasteiger partial charge in [0, 0.05) is 19.1 Å². The number of aryl methyl sites for hydroxylation is 1. The lowest BCUT2D eigenvalue weighted by Gasteiger charge is -2.28. The van der Waals surface area contributed by atoms with Gasteiger partial charge in [-0.3, -0.25) is 9.36 Å². The Morgan fingerprint density at radius 2 is 1.81 bits per heavy atom.